The van der Waals surface area contributed by atoms with Gasteiger partial charge in [-0.05, 0) is 50.6 Å². The molecule has 0 aliphatic carbocycles. The Bertz CT molecular complexity index is 445. The molecule has 0 radical (unpaired) electrons. The third kappa shape index (κ3) is 2.80. The molecule has 1 aromatic rings. The van der Waals surface area contributed by atoms with Crippen molar-refractivity contribution in [3.05, 3.63) is 29.6 Å². The number of anilines is 1. The molecule has 1 heterocycles. The van der Waals surface area contributed by atoms with Crippen LogP contribution in [0.4, 0.5) is 10.1 Å². The molecule has 0 saturated carbocycles. The molecule has 0 bridgehead atoms. The molecule has 96 valence electrons. The van der Waals surface area contributed by atoms with E-state index in [1.54, 1.807) is 12.1 Å². The third-order valence-corrected chi connectivity index (χ3v) is 3.52. The number of hydrogen-bond acceptors (Lipinski definition) is 3. The lowest BCUT2D eigenvalue weighted by molar-refractivity contribution is 0.391. The highest BCUT2D eigenvalue weighted by Crippen LogP contribution is 2.25. The Morgan fingerprint density at radius 3 is 2.72 bits per heavy atom. The second-order valence-corrected chi connectivity index (χ2v) is 4.77. The van der Waals surface area contributed by atoms with Crippen LogP contribution in [0.1, 0.15) is 18.4 Å². The second kappa shape index (κ2) is 5.83. The van der Waals surface area contributed by atoms with Gasteiger partial charge in [0.2, 0.25) is 0 Å². The molecule has 0 spiro atoms. The van der Waals surface area contributed by atoms with Gasteiger partial charge in [-0.25, -0.2) is 4.39 Å². The summed E-state index contributed by atoms with van der Waals surface area (Å²) in [5.41, 5.74) is 0.998. The van der Waals surface area contributed by atoms with Gasteiger partial charge in [0.1, 0.15) is 5.82 Å². The highest BCUT2D eigenvalue weighted by atomic mass is 19.1. The van der Waals surface area contributed by atoms with Gasteiger partial charge < -0.3 is 10.2 Å². The number of nitriles is 1. The molecular weight excluding hydrogens is 229 g/mol. The van der Waals surface area contributed by atoms with Crippen LogP contribution in [-0.4, -0.2) is 26.7 Å². The first-order valence-corrected chi connectivity index (χ1v) is 6.33. The Hall–Kier alpha value is -1.60. The fourth-order valence-corrected chi connectivity index (χ4v) is 2.50. The van der Waals surface area contributed by atoms with Crippen molar-refractivity contribution >= 4 is 5.69 Å². The van der Waals surface area contributed by atoms with Gasteiger partial charge in [-0.15, -0.1) is 0 Å². The lowest BCUT2D eigenvalue weighted by atomic mass is 9.96. The predicted octanol–water partition coefficient (Wildman–Crippen LogP) is 2.13. The number of piperidine rings is 1. The Morgan fingerprint density at radius 2 is 2.17 bits per heavy atom. The summed E-state index contributed by atoms with van der Waals surface area (Å²) >= 11 is 0. The highest BCUT2D eigenvalue weighted by molar-refractivity contribution is 5.51. The van der Waals surface area contributed by atoms with Gasteiger partial charge in [0.05, 0.1) is 17.3 Å². The van der Waals surface area contributed by atoms with Crippen molar-refractivity contribution in [2.45, 2.75) is 12.8 Å². The molecule has 0 atom stereocenters. The van der Waals surface area contributed by atoms with E-state index in [0.29, 0.717) is 17.2 Å². The maximum Gasteiger partial charge on any atom is 0.147 e. The molecule has 1 N–H and O–H groups in total. The van der Waals surface area contributed by atoms with E-state index in [-0.39, 0.29) is 5.82 Å². The number of benzene rings is 1. The van der Waals surface area contributed by atoms with Crippen molar-refractivity contribution in [3.8, 4) is 6.07 Å². The van der Waals surface area contributed by atoms with E-state index in [9.17, 15) is 4.39 Å². The van der Waals surface area contributed by atoms with Crippen molar-refractivity contribution in [2.75, 3.05) is 31.6 Å². The smallest absolute Gasteiger partial charge is 0.147 e. The molecule has 1 saturated heterocycles. The minimum atomic E-state index is -0.291. The van der Waals surface area contributed by atoms with E-state index < -0.39 is 0 Å². The first-order valence-electron chi connectivity index (χ1n) is 6.33. The van der Waals surface area contributed by atoms with Crippen LogP contribution in [0.3, 0.4) is 0 Å². The minimum Gasteiger partial charge on any atom is -0.369 e. The van der Waals surface area contributed by atoms with Crippen LogP contribution in [0, 0.1) is 23.1 Å². The number of rotatable bonds is 3. The molecule has 3 nitrogen and oxygen atoms in total. The van der Waals surface area contributed by atoms with Crippen LogP contribution in [0.15, 0.2) is 18.2 Å². The summed E-state index contributed by atoms with van der Waals surface area (Å²) in [5, 5.41) is 11.9. The summed E-state index contributed by atoms with van der Waals surface area (Å²) in [6.45, 7) is 2.80. The fourth-order valence-electron chi connectivity index (χ4n) is 2.50. The third-order valence-electron chi connectivity index (χ3n) is 3.52. The first kappa shape index (κ1) is 12.8. The number of hydrogen-bond donors (Lipinski definition) is 1. The van der Waals surface area contributed by atoms with Gasteiger partial charge in [0.15, 0.2) is 0 Å². The average Bonchev–Trinajstić information content (AvgIpc) is 2.40. The normalized spacial score (nSPS) is 16.6. The molecule has 2 rings (SSSR count). The predicted molar refractivity (Wildman–Crippen MR) is 70.0 cm³/mol. The van der Waals surface area contributed by atoms with Gasteiger partial charge in [0, 0.05) is 13.1 Å². The lowest BCUT2D eigenvalue weighted by Gasteiger charge is -2.33. The summed E-state index contributed by atoms with van der Waals surface area (Å²) in [4.78, 5) is 2.07. The summed E-state index contributed by atoms with van der Waals surface area (Å²) < 4.78 is 13.9. The van der Waals surface area contributed by atoms with E-state index in [2.05, 4.69) is 10.2 Å². The number of nitrogens with one attached hydrogen (secondary N) is 1. The van der Waals surface area contributed by atoms with E-state index in [1.165, 1.54) is 6.07 Å². The van der Waals surface area contributed by atoms with E-state index >= 15 is 0 Å². The van der Waals surface area contributed by atoms with Gasteiger partial charge in [-0.3, -0.25) is 0 Å². The van der Waals surface area contributed by atoms with Gasteiger partial charge in [-0.2, -0.15) is 5.26 Å². The number of halogens is 1. The maximum atomic E-state index is 13.9. The Morgan fingerprint density at radius 1 is 1.44 bits per heavy atom. The average molecular weight is 247 g/mol. The van der Waals surface area contributed by atoms with Crippen molar-refractivity contribution in [1.29, 1.82) is 5.26 Å². The minimum absolute atomic E-state index is 0.291. The van der Waals surface area contributed by atoms with Crippen molar-refractivity contribution in [1.82, 2.24) is 5.32 Å². The molecule has 1 aromatic carbocycles. The van der Waals surface area contributed by atoms with Crippen LogP contribution in [0.5, 0.6) is 0 Å². The summed E-state index contributed by atoms with van der Waals surface area (Å²) in [6, 6.07) is 6.66. The Balaban J connectivity index is 2.04. The fraction of sp³-hybridized carbons (Fsp3) is 0.500. The zero-order valence-corrected chi connectivity index (χ0v) is 10.6. The van der Waals surface area contributed by atoms with Crippen LogP contribution in [0.2, 0.25) is 0 Å². The van der Waals surface area contributed by atoms with Crippen LogP contribution in [0.25, 0.3) is 0 Å². The molecule has 1 fully saturated rings. The van der Waals surface area contributed by atoms with E-state index in [0.717, 1.165) is 32.5 Å². The molecule has 0 amide bonds. The molecule has 1 aliphatic rings. The zero-order chi connectivity index (χ0) is 13.0. The topological polar surface area (TPSA) is 39.1 Å². The lowest BCUT2D eigenvalue weighted by Crippen LogP contribution is -2.37. The Labute approximate surface area is 107 Å². The largest absolute Gasteiger partial charge is 0.369 e. The number of nitrogens with zero attached hydrogens (tertiary/aromatic N) is 2. The Kier molecular flexibility index (Phi) is 4.16. The van der Waals surface area contributed by atoms with Crippen LogP contribution >= 0.6 is 0 Å². The highest BCUT2D eigenvalue weighted by Gasteiger charge is 2.20. The summed E-state index contributed by atoms with van der Waals surface area (Å²) in [7, 11) is 1.96. The standard InChI is InChI=1S/C14H18FN3/c1-17-10-11-4-6-18(7-5-11)14-3-2-12(9-16)8-13(14)15/h2-3,8,11,17H,4-7,10H2,1H3. The molecule has 0 aromatic heterocycles. The molecule has 1 aliphatic heterocycles. The quantitative estimate of drug-likeness (QED) is 0.889. The summed E-state index contributed by atoms with van der Waals surface area (Å²) in [5.74, 6) is 0.397. The molecule has 18 heavy (non-hydrogen) atoms. The SMILES string of the molecule is CNCC1CCN(c2ccc(C#N)cc2F)CC1. The van der Waals surface area contributed by atoms with E-state index in [4.69, 9.17) is 5.26 Å². The zero-order valence-electron chi connectivity index (χ0n) is 10.6. The van der Waals surface area contributed by atoms with Gasteiger partial charge in [0.25, 0.3) is 0 Å². The molecule has 4 heteroatoms. The molecular formula is C14H18FN3. The van der Waals surface area contributed by atoms with E-state index in [1.807, 2.05) is 13.1 Å². The summed E-state index contributed by atoms with van der Waals surface area (Å²) in [6.07, 6.45) is 2.17. The van der Waals surface area contributed by atoms with Crippen LogP contribution < -0.4 is 10.2 Å². The van der Waals surface area contributed by atoms with Crippen LogP contribution in [-0.2, 0) is 0 Å². The first-order chi connectivity index (χ1) is 8.74. The monoisotopic (exact) mass is 247 g/mol. The van der Waals surface area contributed by atoms with Gasteiger partial charge in [-0.1, -0.05) is 0 Å². The van der Waals surface area contributed by atoms with Crippen molar-refractivity contribution in [3.63, 3.8) is 0 Å². The van der Waals surface area contributed by atoms with Crippen molar-refractivity contribution < 1.29 is 4.39 Å². The van der Waals surface area contributed by atoms with Gasteiger partial charge >= 0.3 is 0 Å². The molecule has 0 unspecified atom stereocenters. The maximum absolute atomic E-state index is 13.9. The van der Waals surface area contributed by atoms with Crippen molar-refractivity contribution in [2.24, 2.45) is 5.92 Å². The second-order valence-electron chi connectivity index (χ2n) is 4.77.